The summed E-state index contributed by atoms with van der Waals surface area (Å²) in [5.41, 5.74) is 0. The minimum atomic E-state index is -0.204. The number of nitrogens with zero attached hydrogens (tertiary/aromatic N) is 1. The van der Waals surface area contributed by atoms with Gasteiger partial charge in [0.15, 0.2) is 0 Å². The maximum absolute atomic E-state index is 11.9. The van der Waals surface area contributed by atoms with Gasteiger partial charge in [-0.15, -0.1) is 0 Å². The van der Waals surface area contributed by atoms with Crippen LogP contribution < -0.4 is 10.6 Å². The van der Waals surface area contributed by atoms with E-state index >= 15 is 0 Å². The SMILES string of the molecule is Cc1ccc(CCNC(=O)N2CC(=O)NC(C)C2)o1. The fourth-order valence-corrected chi connectivity index (χ4v) is 2.11. The Kier molecular flexibility index (Phi) is 4.09. The van der Waals surface area contributed by atoms with Crippen molar-refractivity contribution >= 4 is 11.9 Å². The smallest absolute Gasteiger partial charge is 0.317 e. The largest absolute Gasteiger partial charge is 0.466 e. The van der Waals surface area contributed by atoms with E-state index < -0.39 is 0 Å². The van der Waals surface area contributed by atoms with Crippen LogP contribution in [0.15, 0.2) is 16.5 Å². The molecule has 2 rings (SSSR count). The molecule has 104 valence electrons. The molecule has 1 fully saturated rings. The summed E-state index contributed by atoms with van der Waals surface area (Å²) in [6.45, 7) is 4.92. The molecule has 0 aromatic carbocycles. The van der Waals surface area contributed by atoms with Gasteiger partial charge in [0.1, 0.15) is 18.1 Å². The lowest BCUT2D eigenvalue weighted by Crippen LogP contribution is -2.56. The highest BCUT2D eigenvalue weighted by molar-refractivity contribution is 5.85. The van der Waals surface area contributed by atoms with Gasteiger partial charge in [-0.3, -0.25) is 4.79 Å². The fourth-order valence-electron chi connectivity index (χ4n) is 2.11. The predicted molar refractivity (Wildman–Crippen MR) is 69.7 cm³/mol. The van der Waals surface area contributed by atoms with E-state index in [1.165, 1.54) is 4.90 Å². The molecule has 2 heterocycles. The molecule has 1 aliphatic heterocycles. The second-order valence-corrected chi connectivity index (χ2v) is 4.84. The number of furan rings is 1. The topological polar surface area (TPSA) is 74.6 Å². The Morgan fingerprint density at radius 1 is 1.58 bits per heavy atom. The van der Waals surface area contributed by atoms with Gasteiger partial charge >= 0.3 is 6.03 Å². The van der Waals surface area contributed by atoms with Crippen molar-refractivity contribution in [3.8, 4) is 0 Å². The molecule has 1 atom stereocenters. The number of amides is 3. The summed E-state index contributed by atoms with van der Waals surface area (Å²) in [5.74, 6) is 1.60. The minimum Gasteiger partial charge on any atom is -0.466 e. The zero-order valence-corrected chi connectivity index (χ0v) is 11.2. The molecular formula is C13H19N3O3. The standard InChI is InChI=1S/C13H19N3O3/c1-9-7-16(8-12(17)15-9)13(18)14-6-5-11-4-3-10(2)19-11/h3-4,9H,5-8H2,1-2H3,(H,14,18)(H,15,17). The van der Waals surface area contributed by atoms with Crippen LogP contribution in [0.4, 0.5) is 4.79 Å². The molecule has 1 aromatic rings. The number of urea groups is 1. The lowest BCUT2D eigenvalue weighted by atomic mass is 10.2. The highest BCUT2D eigenvalue weighted by Crippen LogP contribution is 2.06. The Labute approximate surface area is 112 Å². The van der Waals surface area contributed by atoms with Gasteiger partial charge in [0.2, 0.25) is 5.91 Å². The summed E-state index contributed by atoms with van der Waals surface area (Å²) in [7, 11) is 0. The van der Waals surface area contributed by atoms with Gasteiger partial charge in [-0.25, -0.2) is 4.79 Å². The highest BCUT2D eigenvalue weighted by Gasteiger charge is 2.24. The van der Waals surface area contributed by atoms with Crippen LogP contribution in [0.25, 0.3) is 0 Å². The van der Waals surface area contributed by atoms with Crippen molar-refractivity contribution in [3.63, 3.8) is 0 Å². The van der Waals surface area contributed by atoms with Gasteiger partial charge in [0, 0.05) is 25.6 Å². The second-order valence-electron chi connectivity index (χ2n) is 4.84. The molecule has 6 heteroatoms. The maximum atomic E-state index is 11.9. The van der Waals surface area contributed by atoms with Gasteiger partial charge in [-0.05, 0) is 26.0 Å². The third-order valence-electron chi connectivity index (χ3n) is 2.97. The fraction of sp³-hybridized carbons (Fsp3) is 0.538. The molecule has 0 radical (unpaired) electrons. The molecule has 0 bridgehead atoms. The molecule has 1 unspecified atom stereocenters. The average Bonchev–Trinajstić information content (AvgIpc) is 2.73. The third-order valence-corrected chi connectivity index (χ3v) is 2.97. The lowest BCUT2D eigenvalue weighted by molar-refractivity contribution is -0.124. The first-order chi connectivity index (χ1) is 9.04. The summed E-state index contributed by atoms with van der Waals surface area (Å²) in [6, 6.07) is 3.59. The van der Waals surface area contributed by atoms with Crippen LogP contribution in [0, 0.1) is 6.92 Å². The Balaban J connectivity index is 1.76. The molecular weight excluding hydrogens is 246 g/mol. The predicted octanol–water partition coefficient (Wildman–Crippen LogP) is 0.660. The third kappa shape index (κ3) is 3.74. The Bertz CT molecular complexity index is 469. The number of hydrogen-bond donors (Lipinski definition) is 2. The Hall–Kier alpha value is -1.98. The molecule has 1 aliphatic rings. The zero-order chi connectivity index (χ0) is 13.8. The molecule has 1 saturated heterocycles. The number of carbonyl (C=O) groups is 2. The van der Waals surface area contributed by atoms with E-state index in [1.54, 1.807) is 0 Å². The normalized spacial score (nSPS) is 19.2. The minimum absolute atomic E-state index is 0.000256. The van der Waals surface area contributed by atoms with Gasteiger partial charge in [-0.1, -0.05) is 0 Å². The second kappa shape index (κ2) is 5.77. The van der Waals surface area contributed by atoms with Crippen molar-refractivity contribution in [2.45, 2.75) is 26.3 Å². The van der Waals surface area contributed by atoms with Crippen molar-refractivity contribution in [2.24, 2.45) is 0 Å². The number of carbonyl (C=O) groups excluding carboxylic acids is 2. The van der Waals surface area contributed by atoms with Crippen molar-refractivity contribution in [2.75, 3.05) is 19.6 Å². The molecule has 0 spiro atoms. The maximum Gasteiger partial charge on any atom is 0.317 e. The van der Waals surface area contributed by atoms with Crippen LogP contribution in [0.5, 0.6) is 0 Å². The Morgan fingerprint density at radius 3 is 3.00 bits per heavy atom. The summed E-state index contributed by atoms with van der Waals surface area (Å²) in [5, 5.41) is 5.57. The molecule has 19 heavy (non-hydrogen) atoms. The van der Waals surface area contributed by atoms with Crippen LogP contribution in [-0.4, -0.2) is 42.5 Å². The van der Waals surface area contributed by atoms with E-state index in [-0.39, 0.29) is 24.5 Å². The van der Waals surface area contributed by atoms with Crippen LogP contribution in [0.3, 0.4) is 0 Å². The molecule has 0 saturated carbocycles. The number of nitrogens with one attached hydrogen (secondary N) is 2. The molecule has 3 amide bonds. The van der Waals surface area contributed by atoms with Gasteiger partial charge in [0.05, 0.1) is 0 Å². The first kappa shape index (κ1) is 13.5. The van der Waals surface area contributed by atoms with Crippen LogP contribution in [-0.2, 0) is 11.2 Å². The monoisotopic (exact) mass is 265 g/mol. The van der Waals surface area contributed by atoms with E-state index in [0.717, 1.165) is 11.5 Å². The van der Waals surface area contributed by atoms with E-state index in [4.69, 9.17) is 4.42 Å². The quantitative estimate of drug-likeness (QED) is 0.843. The summed E-state index contributed by atoms with van der Waals surface area (Å²) < 4.78 is 5.42. The molecule has 6 nitrogen and oxygen atoms in total. The lowest BCUT2D eigenvalue weighted by Gasteiger charge is -2.31. The number of rotatable bonds is 3. The van der Waals surface area contributed by atoms with Crippen molar-refractivity contribution in [1.29, 1.82) is 0 Å². The van der Waals surface area contributed by atoms with E-state index in [1.807, 2.05) is 26.0 Å². The van der Waals surface area contributed by atoms with Crippen molar-refractivity contribution in [1.82, 2.24) is 15.5 Å². The van der Waals surface area contributed by atoms with E-state index in [0.29, 0.717) is 19.5 Å². The number of aryl methyl sites for hydroxylation is 1. The Morgan fingerprint density at radius 2 is 2.37 bits per heavy atom. The first-order valence-electron chi connectivity index (χ1n) is 6.42. The molecule has 1 aromatic heterocycles. The van der Waals surface area contributed by atoms with Crippen LogP contribution in [0.2, 0.25) is 0 Å². The number of hydrogen-bond acceptors (Lipinski definition) is 3. The molecule has 2 N–H and O–H groups in total. The van der Waals surface area contributed by atoms with Gasteiger partial charge in [0.25, 0.3) is 0 Å². The zero-order valence-electron chi connectivity index (χ0n) is 11.2. The van der Waals surface area contributed by atoms with Crippen LogP contribution >= 0.6 is 0 Å². The highest BCUT2D eigenvalue weighted by atomic mass is 16.3. The van der Waals surface area contributed by atoms with Gasteiger partial charge < -0.3 is 20.0 Å². The summed E-state index contributed by atoms with van der Waals surface area (Å²) in [6.07, 6.45) is 0.648. The van der Waals surface area contributed by atoms with Crippen LogP contribution in [0.1, 0.15) is 18.4 Å². The number of piperazine rings is 1. The van der Waals surface area contributed by atoms with Crippen molar-refractivity contribution in [3.05, 3.63) is 23.7 Å². The van der Waals surface area contributed by atoms with Gasteiger partial charge in [-0.2, -0.15) is 0 Å². The summed E-state index contributed by atoms with van der Waals surface area (Å²) >= 11 is 0. The van der Waals surface area contributed by atoms with Crippen molar-refractivity contribution < 1.29 is 14.0 Å². The van der Waals surface area contributed by atoms with E-state index in [9.17, 15) is 9.59 Å². The van der Waals surface area contributed by atoms with E-state index in [2.05, 4.69) is 10.6 Å². The summed E-state index contributed by atoms with van der Waals surface area (Å²) in [4.78, 5) is 24.8. The molecule has 0 aliphatic carbocycles. The average molecular weight is 265 g/mol. The first-order valence-corrected chi connectivity index (χ1v) is 6.42.